The van der Waals surface area contributed by atoms with Crippen molar-refractivity contribution in [1.82, 2.24) is 14.9 Å². The van der Waals surface area contributed by atoms with Gasteiger partial charge in [-0.05, 0) is 30.3 Å². The lowest BCUT2D eigenvalue weighted by molar-refractivity contribution is 0.0654. The van der Waals surface area contributed by atoms with E-state index in [0.29, 0.717) is 17.3 Å². The molecule has 2 aromatic carbocycles. The third kappa shape index (κ3) is 2.27. The lowest BCUT2D eigenvalue weighted by Gasteiger charge is -2.12. The summed E-state index contributed by atoms with van der Waals surface area (Å²) in [6.07, 6.45) is 0.347. The number of nitrogens with one attached hydrogen (secondary N) is 1. The molecule has 7 heteroatoms. The number of aromatic nitrogens is 2. The molecule has 0 saturated heterocycles. The molecule has 0 saturated carbocycles. The SMILES string of the molecule is O=C1c2cccc(F)c2C(=O)N1CCc1nc2ccc(Cl)cc2[nH]1. The van der Waals surface area contributed by atoms with Gasteiger partial charge < -0.3 is 4.98 Å². The Bertz CT molecular complexity index is 999. The van der Waals surface area contributed by atoms with Crippen LogP contribution in [-0.2, 0) is 6.42 Å². The Hall–Kier alpha value is -2.73. The Morgan fingerprint density at radius 1 is 1.17 bits per heavy atom. The van der Waals surface area contributed by atoms with E-state index in [1.54, 1.807) is 18.2 Å². The van der Waals surface area contributed by atoms with Crippen LogP contribution in [0.1, 0.15) is 26.5 Å². The maximum Gasteiger partial charge on any atom is 0.264 e. The van der Waals surface area contributed by atoms with Gasteiger partial charge in [0.2, 0.25) is 0 Å². The molecule has 0 unspecified atom stereocenters. The molecule has 5 nitrogen and oxygen atoms in total. The normalized spacial score (nSPS) is 13.8. The monoisotopic (exact) mass is 343 g/mol. The maximum atomic E-state index is 13.8. The number of fused-ring (bicyclic) bond motifs is 2. The van der Waals surface area contributed by atoms with Gasteiger partial charge in [-0.1, -0.05) is 17.7 Å². The topological polar surface area (TPSA) is 66.1 Å². The summed E-state index contributed by atoms with van der Waals surface area (Å²) in [5, 5.41) is 0.591. The lowest BCUT2D eigenvalue weighted by Crippen LogP contribution is -2.32. The molecule has 0 atom stereocenters. The predicted octanol–water partition coefficient (Wildman–Crippen LogP) is 3.19. The predicted molar refractivity (Wildman–Crippen MR) is 86.6 cm³/mol. The van der Waals surface area contributed by atoms with Crippen molar-refractivity contribution < 1.29 is 14.0 Å². The number of H-pyrrole nitrogens is 1. The molecule has 4 rings (SSSR count). The summed E-state index contributed by atoms with van der Waals surface area (Å²) in [6, 6.07) is 9.34. The molecule has 0 bridgehead atoms. The average molecular weight is 344 g/mol. The van der Waals surface area contributed by atoms with Gasteiger partial charge in [0.25, 0.3) is 11.8 Å². The van der Waals surface area contributed by atoms with E-state index in [2.05, 4.69) is 9.97 Å². The highest BCUT2D eigenvalue weighted by Gasteiger charge is 2.37. The number of halogens is 2. The van der Waals surface area contributed by atoms with E-state index in [1.165, 1.54) is 18.2 Å². The quantitative estimate of drug-likeness (QED) is 0.743. The van der Waals surface area contributed by atoms with E-state index < -0.39 is 17.6 Å². The average Bonchev–Trinajstić information content (AvgIpc) is 3.06. The molecule has 1 aliphatic rings. The van der Waals surface area contributed by atoms with Gasteiger partial charge in [-0.3, -0.25) is 14.5 Å². The number of imidazole rings is 1. The first-order valence-corrected chi connectivity index (χ1v) is 7.71. The van der Waals surface area contributed by atoms with E-state index in [0.717, 1.165) is 15.9 Å². The highest BCUT2D eigenvalue weighted by atomic mass is 35.5. The van der Waals surface area contributed by atoms with Gasteiger partial charge >= 0.3 is 0 Å². The minimum absolute atomic E-state index is 0.108. The summed E-state index contributed by atoms with van der Waals surface area (Å²) >= 11 is 5.93. The Morgan fingerprint density at radius 2 is 2.00 bits per heavy atom. The molecule has 0 fully saturated rings. The Labute approximate surface area is 141 Å². The zero-order valence-electron chi connectivity index (χ0n) is 12.3. The zero-order chi connectivity index (χ0) is 16.8. The summed E-state index contributed by atoms with van der Waals surface area (Å²) in [5.74, 6) is -1.13. The van der Waals surface area contributed by atoms with E-state index in [4.69, 9.17) is 11.6 Å². The summed E-state index contributed by atoms with van der Waals surface area (Å²) in [7, 11) is 0. The van der Waals surface area contributed by atoms with Crippen molar-refractivity contribution in [2.45, 2.75) is 6.42 Å². The molecule has 3 aromatic rings. The third-order valence-corrected chi connectivity index (χ3v) is 4.25. The number of nitrogens with zero attached hydrogens (tertiary/aromatic N) is 2. The van der Waals surface area contributed by atoms with E-state index >= 15 is 0 Å². The smallest absolute Gasteiger partial charge is 0.264 e. The first kappa shape index (κ1) is 14.8. The van der Waals surface area contributed by atoms with E-state index in [9.17, 15) is 14.0 Å². The minimum Gasteiger partial charge on any atom is -0.342 e. The number of carbonyl (C=O) groups is 2. The summed E-state index contributed by atoms with van der Waals surface area (Å²) in [6.45, 7) is 0.124. The molecule has 2 amide bonds. The van der Waals surface area contributed by atoms with E-state index in [1.807, 2.05) is 0 Å². The number of hydrogen-bond donors (Lipinski definition) is 1. The molecule has 0 spiro atoms. The first-order valence-electron chi connectivity index (χ1n) is 7.33. The molecule has 0 radical (unpaired) electrons. The van der Waals surface area contributed by atoms with Crippen molar-refractivity contribution >= 4 is 34.4 Å². The van der Waals surface area contributed by atoms with Crippen molar-refractivity contribution in [3.63, 3.8) is 0 Å². The minimum atomic E-state index is -0.674. The Balaban J connectivity index is 1.57. The van der Waals surface area contributed by atoms with Gasteiger partial charge in [-0.15, -0.1) is 0 Å². The molecule has 2 heterocycles. The second-order valence-electron chi connectivity index (χ2n) is 5.52. The van der Waals surface area contributed by atoms with Crippen molar-refractivity contribution in [1.29, 1.82) is 0 Å². The van der Waals surface area contributed by atoms with Crippen LogP contribution in [0.5, 0.6) is 0 Å². The maximum absolute atomic E-state index is 13.8. The zero-order valence-corrected chi connectivity index (χ0v) is 13.1. The van der Waals surface area contributed by atoms with Gasteiger partial charge in [0.05, 0.1) is 22.2 Å². The molecule has 24 heavy (non-hydrogen) atoms. The van der Waals surface area contributed by atoms with Crippen LogP contribution in [-0.4, -0.2) is 33.2 Å². The number of rotatable bonds is 3. The lowest BCUT2D eigenvalue weighted by atomic mass is 10.1. The number of carbonyl (C=O) groups excluding carboxylic acids is 2. The van der Waals surface area contributed by atoms with E-state index in [-0.39, 0.29) is 17.7 Å². The van der Waals surface area contributed by atoms with Gasteiger partial charge in [0, 0.05) is 18.0 Å². The molecule has 1 aliphatic heterocycles. The van der Waals surface area contributed by atoms with Crippen LogP contribution in [0.4, 0.5) is 4.39 Å². The van der Waals surface area contributed by atoms with Crippen molar-refractivity contribution in [2.75, 3.05) is 6.54 Å². The molecular weight excluding hydrogens is 333 g/mol. The third-order valence-electron chi connectivity index (χ3n) is 4.01. The van der Waals surface area contributed by atoms with Crippen LogP contribution in [0.15, 0.2) is 36.4 Å². The van der Waals surface area contributed by atoms with Crippen LogP contribution in [0, 0.1) is 5.82 Å². The van der Waals surface area contributed by atoms with Crippen LogP contribution < -0.4 is 0 Å². The first-order chi connectivity index (χ1) is 11.5. The summed E-state index contributed by atoms with van der Waals surface area (Å²) in [4.78, 5) is 33.1. The highest BCUT2D eigenvalue weighted by Crippen LogP contribution is 2.25. The van der Waals surface area contributed by atoms with Gasteiger partial charge in [-0.25, -0.2) is 9.37 Å². The fourth-order valence-electron chi connectivity index (χ4n) is 2.87. The fourth-order valence-corrected chi connectivity index (χ4v) is 3.04. The highest BCUT2D eigenvalue weighted by molar-refractivity contribution is 6.31. The van der Waals surface area contributed by atoms with Gasteiger partial charge in [0.1, 0.15) is 11.6 Å². The molecule has 120 valence electrons. The standard InChI is InChI=1S/C17H11ClFN3O2/c18-9-4-5-12-13(8-9)21-14(20-12)6-7-22-16(23)10-2-1-3-11(19)15(10)17(22)24/h1-5,8H,6-7H2,(H,20,21). The second-order valence-corrected chi connectivity index (χ2v) is 5.96. The van der Waals surface area contributed by atoms with Crippen molar-refractivity contribution in [3.8, 4) is 0 Å². The number of aromatic amines is 1. The summed E-state index contributed by atoms with van der Waals surface area (Å²) in [5.41, 5.74) is 1.49. The van der Waals surface area contributed by atoms with Crippen molar-refractivity contribution in [3.05, 3.63) is 64.2 Å². The molecule has 0 aliphatic carbocycles. The van der Waals surface area contributed by atoms with Gasteiger partial charge in [-0.2, -0.15) is 0 Å². The fraction of sp³-hybridized carbons (Fsp3) is 0.118. The van der Waals surface area contributed by atoms with Crippen LogP contribution in [0.2, 0.25) is 5.02 Å². The van der Waals surface area contributed by atoms with Crippen LogP contribution >= 0.6 is 11.6 Å². The number of amides is 2. The Kier molecular flexibility index (Phi) is 3.35. The number of hydrogen-bond acceptors (Lipinski definition) is 3. The molecular formula is C17H11ClFN3O2. The van der Waals surface area contributed by atoms with Crippen molar-refractivity contribution in [2.24, 2.45) is 0 Å². The molecule has 1 aromatic heterocycles. The number of imide groups is 1. The van der Waals surface area contributed by atoms with Crippen LogP contribution in [0.25, 0.3) is 11.0 Å². The molecule has 1 N–H and O–H groups in total. The van der Waals surface area contributed by atoms with Gasteiger partial charge in [0.15, 0.2) is 0 Å². The number of benzene rings is 2. The second kappa shape index (κ2) is 5.42. The van der Waals surface area contributed by atoms with Crippen LogP contribution in [0.3, 0.4) is 0 Å². The largest absolute Gasteiger partial charge is 0.342 e. The Morgan fingerprint density at radius 3 is 2.79 bits per heavy atom. The summed E-state index contributed by atoms with van der Waals surface area (Å²) < 4.78 is 13.8.